The van der Waals surface area contributed by atoms with E-state index in [2.05, 4.69) is 0 Å². The monoisotopic (exact) mass is 339 g/mol. The molecule has 0 amide bonds. The molecule has 0 saturated carbocycles. The third-order valence-electron chi connectivity index (χ3n) is 3.80. The van der Waals surface area contributed by atoms with E-state index in [4.69, 9.17) is 24.4 Å². The van der Waals surface area contributed by atoms with E-state index in [1.54, 1.807) is 12.1 Å². The molecule has 0 heterocycles. The second-order valence-electron chi connectivity index (χ2n) is 5.26. The zero-order chi connectivity index (χ0) is 16.4. The van der Waals surface area contributed by atoms with Gasteiger partial charge in [0.15, 0.2) is 0 Å². The Morgan fingerprint density at radius 1 is 0.913 bits per heavy atom. The van der Waals surface area contributed by atoms with Crippen LogP contribution in [0.2, 0.25) is 0 Å². The molecule has 0 bridgehead atoms. The highest BCUT2D eigenvalue weighted by atomic mass is 32.1. The van der Waals surface area contributed by atoms with Crippen molar-refractivity contribution in [2.45, 2.75) is 12.8 Å². The molecule has 2 aliphatic rings. The van der Waals surface area contributed by atoms with Crippen LogP contribution < -0.4 is 0 Å². The summed E-state index contributed by atoms with van der Waals surface area (Å²) >= 11 is 10.9. The zero-order valence-corrected chi connectivity index (χ0v) is 13.8. The predicted octanol–water partition coefficient (Wildman–Crippen LogP) is 5.02. The number of allylic oxidation sites excluding steroid dienone is 8. The lowest BCUT2D eigenvalue weighted by Gasteiger charge is -2.18. The Morgan fingerprint density at radius 2 is 1.48 bits per heavy atom. The molecule has 0 aliphatic heterocycles. The van der Waals surface area contributed by atoms with E-state index in [-0.39, 0.29) is 10.6 Å². The number of rotatable bonds is 3. The number of non-ortho nitro benzene ring substituents is 1. The second kappa shape index (κ2) is 6.48. The number of benzene rings is 1. The summed E-state index contributed by atoms with van der Waals surface area (Å²) in [5.74, 6) is 0. The maximum atomic E-state index is 11.2. The average molecular weight is 339 g/mol. The van der Waals surface area contributed by atoms with Crippen molar-refractivity contribution in [2.75, 3.05) is 0 Å². The SMILES string of the molecule is O=[N+]([O-])c1ccc(C2=CC=CCC2=S)c(C2=CC=CCC2=S)c1. The smallest absolute Gasteiger partial charge is 0.258 e. The van der Waals surface area contributed by atoms with Crippen LogP contribution in [0.3, 0.4) is 0 Å². The minimum atomic E-state index is -0.386. The van der Waals surface area contributed by atoms with Gasteiger partial charge in [-0.05, 0) is 28.3 Å². The van der Waals surface area contributed by atoms with Gasteiger partial charge in [0.05, 0.1) is 4.92 Å². The maximum Gasteiger partial charge on any atom is 0.270 e. The van der Waals surface area contributed by atoms with Gasteiger partial charge >= 0.3 is 0 Å². The normalized spacial score (nSPS) is 17.0. The number of nitro groups is 1. The standard InChI is InChI=1S/C18H13NO2S2/c20-19(21)12-9-10-13(14-5-1-3-7-17(14)22)16(11-12)15-6-2-4-8-18(15)23/h1-6,9-11H,7-8H2. The highest BCUT2D eigenvalue weighted by Crippen LogP contribution is 2.34. The highest BCUT2D eigenvalue weighted by molar-refractivity contribution is 7.81. The van der Waals surface area contributed by atoms with E-state index in [1.165, 1.54) is 6.07 Å². The number of hydrogen-bond acceptors (Lipinski definition) is 4. The van der Waals surface area contributed by atoms with Crippen LogP contribution in [0.5, 0.6) is 0 Å². The molecule has 114 valence electrons. The van der Waals surface area contributed by atoms with Crippen LogP contribution in [-0.2, 0) is 0 Å². The molecular weight excluding hydrogens is 326 g/mol. The Balaban J connectivity index is 2.22. The fourth-order valence-corrected chi connectivity index (χ4v) is 3.22. The molecule has 0 unspecified atom stereocenters. The third-order valence-corrected chi connectivity index (χ3v) is 4.57. The lowest BCUT2D eigenvalue weighted by molar-refractivity contribution is -0.384. The average Bonchev–Trinajstić information content (AvgIpc) is 2.55. The molecular formula is C18H13NO2S2. The Kier molecular flexibility index (Phi) is 4.41. The van der Waals surface area contributed by atoms with Gasteiger partial charge in [0.1, 0.15) is 0 Å². The molecule has 0 spiro atoms. The van der Waals surface area contributed by atoms with Crippen LogP contribution in [0.1, 0.15) is 24.0 Å². The lowest BCUT2D eigenvalue weighted by atomic mass is 9.87. The van der Waals surface area contributed by atoms with E-state index < -0.39 is 0 Å². The summed E-state index contributed by atoms with van der Waals surface area (Å²) in [4.78, 5) is 12.4. The summed E-state index contributed by atoms with van der Waals surface area (Å²) in [5.41, 5.74) is 3.52. The second-order valence-corrected chi connectivity index (χ2v) is 6.24. The molecule has 23 heavy (non-hydrogen) atoms. The van der Waals surface area contributed by atoms with Crippen molar-refractivity contribution < 1.29 is 4.92 Å². The number of thiocarbonyl (C=S) groups is 2. The van der Waals surface area contributed by atoms with Gasteiger partial charge in [-0.25, -0.2) is 0 Å². The Bertz CT molecular complexity index is 845. The first kappa shape index (κ1) is 15.6. The Morgan fingerprint density at radius 3 is 2.00 bits per heavy atom. The summed E-state index contributed by atoms with van der Waals surface area (Å²) in [6.45, 7) is 0. The van der Waals surface area contributed by atoms with Crippen molar-refractivity contribution in [3.8, 4) is 0 Å². The number of nitro benzene ring substituents is 1. The van der Waals surface area contributed by atoms with Gasteiger partial charge in [-0.1, -0.05) is 60.9 Å². The first-order valence-electron chi connectivity index (χ1n) is 7.17. The van der Waals surface area contributed by atoms with Crippen LogP contribution in [0.15, 0.2) is 54.7 Å². The van der Waals surface area contributed by atoms with Gasteiger partial charge < -0.3 is 0 Å². The van der Waals surface area contributed by atoms with E-state index in [0.29, 0.717) is 12.8 Å². The molecule has 3 rings (SSSR count). The van der Waals surface area contributed by atoms with Crippen molar-refractivity contribution in [3.05, 3.63) is 75.9 Å². The molecule has 2 aliphatic carbocycles. The van der Waals surface area contributed by atoms with Gasteiger partial charge in [-0.15, -0.1) is 0 Å². The topological polar surface area (TPSA) is 43.1 Å². The summed E-state index contributed by atoms with van der Waals surface area (Å²) in [6, 6.07) is 4.88. The predicted molar refractivity (Wildman–Crippen MR) is 102 cm³/mol. The fourth-order valence-electron chi connectivity index (χ4n) is 2.67. The summed E-state index contributed by atoms with van der Waals surface area (Å²) < 4.78 is 0. The third kappa shape index (κ3) is 3.11. The summed E-state index contributed by atoms with van der Waals surface area (Å²) in [6.07, 6.45) is 13.1. The molecule has 3 nitrogen and oxygen atoms in total. The first-order chi connectivity index (χ1) is 11.1. The van der Waals surface area contributed by atoms with Crippen molar-refractivity contribution in [2.24, 2.45) is 0 Å². The van der Waals surface area contributed by atoms with Crippen LogP contribution >= 0.6 is 24.4 Å². The molecule has 0 saturated heterocycles. The van der Waals surface area contributed by atoms with Crippen molar-refractivity contribution in [1.29, 1.82) is 0 Å². The number of hydrogen-bond donors (Lipinski definition) is 0. The molecule has 5 heteroatoms. The molecule has 0 N–H and O–H groups in total. The lowest BCUT2D eigenvalue weighted by Crippen LogP contribution is -2.08. The summed E-state index contributed by atoms with van der Waals surface area (Å²) in [7, 11) is 0. The molecule has 0 fully saturated rings. The fraction of sp³-hybridized carbons (Fsp3) is 0.111. The van der Waals surface area contributed by atoms with E-state index >= 15 is 0 Å². The Hall–Kier alpha value is -2.24. The van der Waals surface area contributed by atoms with Crippen LogP contribution in [0.4, 0.5) is 5.69 Å². The first-order valence-corrected chi connectivity index (χ1v) is 7.99. The Labute approximate surface area is 144 Å². The van der Waals surface area contributed by atoms with Crippen LogP contribution in [0, 0.1) is 10.1 Å². The molecule has 0 radical (unpaired) electrons. The molecule has 0 aromatic heterocycles. The largest absolute Gasteiger partial charge is 0.270 e. The van der Waals surface area contributed by atoms with Crippen molar-refractivity contribution in [1.82, 2.24) is 0 Å². The zero-order valence-electron chi connectivity index (χ0n) is 12.2. The van der Waals surface area contributed by atoms with Crippen LogP contribution in [0.25, 0.3) is 11.1 Å². The van der Waals surface area contributed by atoms with Gasteiger partial charge in [0.2, 0.25) is 0 Å². The van der Waals surface area contributed by atoms with Gasteiger partial charge in [0, 0.05) is 34.7 Å². The molecule has 0 atom stereocenters. The van der Waals surface area contributed by atoms with Gasteiger partial charge in [-0.2, -0.15) is 0 Å². The summed E-state index contributed by atoms with van der Waals surface area (Å²) in [5, 5.41) is 11.2. The van der Waals surface area contributed by atoms with Gasteiger partial charge in [-0.3, -0.25) is 10.1 Å². The van der Waals surface area contributed by atoms with Crippen molar-refractivity contribution >= 4 is 51.0 Å². The highest BCUT2D eigenvalue weighted by Gasteiger charge is 2.21. The molecule has 1 aromatic carbocycles. The van der Waals surface area contributed by atoms with E-state index in [1.807, 2.05) is 36.5 Å². The van der Waals surface area contributed by atoms with Crippen LogP contribution in [-0.4, -0.2) is 14.7 Å². The van der Waals surface area contributed by atoms with E-state index in [0.717, 1.165) is 32.0 Å². The van der Waals surface area contributed by atoms with E-state index in [9.17, 15) is 10.1 Å². The van der Waals surface area contributed by atoms with Gasteiger partial charge in [0.25, 0.3) is 5.69 Å². The molecule has 1 aromatic rings. The minimum Gasteiger partial charge on any atom is -0.258 e. The minimum absolute atomic E-state index is 0.0554. The number of nitrogens with zero attached hydrogens (tertiary/aromatic N) is 1. The van der Waals surface area contributed by atoms with Crippen molar-refractivity contribution in [3.63, 3.8) is 0 Å². The maximum absolute atomic E-state index is 11.2. The quantitative estimate of drug-likeness (QED) is 0.440.